The van der Waals surface area contributed by atoms with Crippen molar-refractivity contribution in [3.05, 3.63) is 58.1 Å². The Morgan fingerprint density at radius 1 is 1.08 bits per heavy atom. The molecule has 0 bridgehead atoms. The van der Waals surface area contributed by atoms with E-state index in [2.05, 4.69) is 5.32 Å². The van der Waals surface area contributed by atoms with Gasteiger partial charge in [0.05, 0.1) is 18.6 Å². The molecule has 0 aliphatic carbocycles. The predicted molar refractivity (Wildman–Crippen MR) is 153 cm³/mol. The van der Waals surface area contributed by atoms with Crippen LogP contribution in [-0.2, 0) is 26.2 Å². The zero-order valence-electron chi connectivity index (χ0n) is 22.5. The molecule has 1 N–H and O–H groups in total. The number of nitrogens with zero attached hydrogens (tertiary/aromatic N) is 2. The molecule has 0 saturated heterocycles. The second kappa shape index (κ2) is 14.6. The Labute approximate surface area is 236 Å². The second-order valence-corrected chi connectivity index (χ2v) is 12.2. The number of ether oxygens (including phenoxy) is 1. The molecule has 1 unspecified atom stereocenters. The van der Waals surface area contributed by atoms with Crippen LogP contribution in [0.25, 0.3) is 0 Å². The summed E-state index contributed by atoms with van der Waals surface area (Å²) in [5.41, 5.74) is 1.06. The lowest BCUT2D eigenvalue weighted by Gasteiger charge is -2.30. The standard InChI is InChI=1S/C27H37Cl2N3O5S/c1-6-37-25-11-8-7-10-24(25)32(38(5,35)36)15-9-12-26(33)31(20(4)27(34)30-17-19(2)3)18-21-13-14-22(28)16-23(21)29/h7-8,10-11,13-14,16,19-20H,6,9,12,15,17-18H2,1-5H3,(H,30,34). The van der Waals surface area contributed by atoms with Gasteiger partial charge in [-0.05, 0) is 56.0 Å². The van der Waals surface area contributed by atoms with E-state index in [0.717, 1.165) is 6.26 Å². The van der Waals surface area contributed by atoms with Crippen molar-refractivity contribution in [1.29, 1.82) is 0 Å². The van der Waals surface area contributed by atoms with Crippen molar-refractivity contribution >= 4 is 50.7 Å². The van der Waals surface area contributed by atoms with Crippen molar-refractivity contribution in [2.45, 2.75) is 53.1 Å². The third-order valence-corrected chi connectivity index (χ3v) is 7.56. The molecular formula is C27H37Cl2N3O5S. The van der Waals surface area contributed by atoms with Crippen molar-refractivity contribution < 1.29 is 22.7 Å². The lowest BCUT2D eigenvalue weighted by atomic mass is 10.1. The first-order chi connectivity index (χ1) is 17.8. The summed E-state index contributed by atoms with van der Waals surface area (Å²) in [7, 11) is -3.65. The van der Waals surface area contributed by atoms with Gasteiger partial charge < -0.3 is 15.0 Å². The number of rotatable bonds is 14. The van der Waals surface area contributed by atoms with Crippen LogP contribution < -0.4 is 14.4 Å². The van der Waals surface area contributed by atoms with E-state index in [1.165, 1.54) is 9.21 Å². The number of amides is 2. The molecule has 210 valence electrons. The van der Waals surface area contributed by atoms with Crippen molar-refractivity contribution in [1.82, 2.24) is 10.2 Å². The van der Waals surface area contributed by atoms with Gasteiger partial charge in [0.2, 0.25) is 21.8 Å². The summed E-state index contributed by atoms with van der Waals surface area (Å²) in [5, 5.41) is 3.73. The smallest absolute Gasteiger partial charge is 0.242 e. The molecule has 0 radical (unpaired) electrons. The molecule has 0 spiro atoms. The molecule has 2 rings (SSSR count). The van der Waals surface area contributed by atoms with Gasteiger partial charge in [0.15, 0.2) is 0 Å². The predicted octanol–water partition coefficient (Wildman–Crippen LogP) is 5.13. The summed E-state index contributed by atoms with van der Waals surface area (Å²) >= 11 is 12.4. The summed E-state index contributed by atoms with van der Waals surface area (Å²) < 4.78 is 32.1. The van der Waals surface area contributed by atoms with Crippen LogP contribution in [0.2, 0.25) is 10.0 Å². The maximum atomic E-state index is 13.4. The summed E-state index contributed by atoms with van der Waals surface area (Å²) in [6, 6.07) is 11.1. The molecule has 11 heteroatoms. The van der Waals surface area contributed by atoms with E-state index in [9.17, 15) is 18.0 Å². The first-order valence-electron chi connectivity index (χ1n) is 12.6. The van der Waals surface area contributed by atoms with E-state index in [1.807, 2.05) is 20.8 Å². The van der Waals surface area contributed by atoms with Gasteiger partial charge >= 0.3 is 0 Å². The minimum Gasteiger partial charge on any atom is -0.492 e. The largest absolute Gasteiger partial charge is 0.492 e. The Balaban J connectivity index is 2.23. The molecule has 0 heterocycles. The zero-order chi connectivity index (χ0) is 28.5. The molecular weight excluding hydrogens is 549 g/mol. The normalized spacial score (nSPS) is 12.2. The number of carbonyl (C=O) groups excluding carboxylic acids is 2. The van der Waals surface area contributed by atoms with Gasteiger partial charge in [0.1, 0.15) is 11.8 Å². The van der Waals surface area contributed by atoms with Crippen LogP contribution in [0.15, 0.2) is 42.5 Å². The Morgan fingerprint density at radius 3 is 2.37 bits per heavy atom. The molecule has 0 aliphatic rings. The van der Waals surface area contributed by atoms with E-state index >= 15 is 0 Å². The van der Waals surface area contributed by atoms with Crippen molar-refractivity contribution in [3.8, 4) is 5.75 Å². The molecule has 0 aliphatic heterocycles. The third-order valence-electron chi connectivity index (χ3n) is 5.79. The number of halogens is 2. The molecule has 38 heavy (non-hydrogen) atoms. The Hall–Kier alpha value is -2.49. The van der Waals surface area contributed by atoms with Gasteiger partial charge in [0, 0.05) is 36.1 Å². The molecule has 0 aromatic heterocycles. The van der Waals surface area contributed by atoms with Crippen LogP contribution in [0.4, 0.5) is 5.69 Å². The van der Waals surface area contributed by atoms with E-state index in [0.29, 0.717) is 40.2 Å². The SMILES string of the molecule is CCOc1ccccc1N(CCCC(=O)N(Cc1ccc(Cl)cc1Cl)C(C)C(=O)NCC(C)C)S(C)(=O)=O. The molecule has 2 amide bonds. The number of anilines is 1. The average molecular weight is 587 g/mol. The highest BCUT2D eigenvalue weighted by molar-refractivity contribution is 7.92. The van der Waals surface area contributed by atoms with Crippen molar-refractivity contribution in [2.24, 2.45) is 5.92 Å². The molecule has 0 fully saturated rings. The van der Waals surface area contributed by atoms with Gasteiger partial charge in [-0.2, -0.15) is 0 Å². The van der Waals surface area contributed by atoms with Crippen LogP contribution in [0.5, 0.6) is 5.75 Å². The van der Waals surface area contributed by atoms with Gasteiger partial charge in [-0.1, -0.05) is 55.2 Å². The first kappa shape index (κ1) is 31.7. The minimum absolute atomic E-state index is 0.0236. The number of hydrogen-bond acceptors (Lipinski definition) is 5. The van der Waals surface area contributed by atoms with Crippen molar-refractivity contribution in [2.75, 3.05) is 30.3 Å². The average Bonchev–Trinajstić information content (AvgIpc) is 2.84. The maximum absolute atomic E-state index is 13.4. The third kappa shape index (κ3) is 9.36. The lowest BCUT2D eigenvalue weighted by molar-refractivity contribution is -0.140. The van der Waals surface area contributed by atoms with E-state index in [-0.39, 0.29) is 43.7 Å². The quantitative estimate of drug-likeness (QED) is 0.331. The van der Waals surface area contributed by atoms with E-state index in [1.54, 1.807) is 49.4 Å². The highest BCUT2D eigenvalue weighted by Crippen LogP contribution is 2.30. The Kier molecular flexibility index (Phi) is 12.2. The lowest BCUT2D eigenvalue weighted by Crippen LogP contribution is -2.48. The topological polar surface area (TPSA) is 96.0 Å². The van der Waals surface area contributed by atoms with Crippen molar-refractivity contribution in [3.63, 3.8) is 0 Å². The second-order valence-electron chi connectivity index (χ2n) is 9.41. The first-order valence-corrected chi connectivity index (χ1v) is 15.2. The molecule has 8 nitrogen and oxygen atoms in total. The van der Waals surface area contributed by atoms with Crippen LogP contribution in [0, 0.1) is 5.92 Å². The molecule has 0 saturated carbocycles. The molecule has 1 atom stereocenters. The molecule has 2 aromatic rings. The maximum Gasteiger partial charge on any atom is 0.242 e. The van der Waals surface area contributed by atoms with Crippen LogP contribution in [0.1, 0.15) is 46.1 Å². The summed E-state index contributed by atoms with van der Waals surface area (Å²) in [4.78, 5) is 27.8. The summed E-state index contributed by atoms with van der Waals surface area (Å²) in [5.74, 6) is 0.124. The van der Waals surface area contributed by atoms with Gasteiger partial charge in [-0.3, -0.25) is 13.9 Å². The zero-order valence-corrected chi connectivity index (χ0v) is 24.9. The van der Waals surface area contributed by atoms with Crippen LogP contribution in [-0.4, -0.2) is 57.1 Å². The number of para-hydroxylation sites is 2. The van der Waals surface area contributed by atoms with Gasteiger partial charge in [0.25, 0.3) is 0 Å². The molecule has 2 aromatic carbocycles. The number of hydrogen-bond donors (Lipinski definition) is 1. The van der Waals surface area contributed by atoms with Gasteiger partial charge in [-0.25, -0.2) is 8.42 Å². The number of benzene rings is 2. The van der Waals surface area contributed by atoms with E-state index in [4.69, 9.17) is 27.9 Å². The Morgan fingerprint density at radius 2 is 1.76 bits per heavy atom. The fraction of sp³-hybridized carbons (Fsp3) is 0.481. The number of carbonyl (C=O) groups is 2. The van der Waals surface area contributed by atoms with Gasteiger partial charge in [-0.15, -0.1) is 0 Å². The minimum atomic E-state index is -3.65. The number of nitrogens with one attached hydrogen (secondary N) is 1. The highest BCUT2D eigenvalue weighted by Gasteiger charge is 2.27. The fourth-order valence-electron chi connectivity index (χ4n) is 3.79. The van der Waals surface area contributed by atoms with Crippen LogP contribution in [0.3, 0.4) is 0 Å². The summed E-state index contributed by atoms with van der Waals surface area (Å²) in [6.45, 7) is 8.49. The number of sulfonamides is 1. The highest BCUT2D eigenvalue weighted by atomic mass is 35.5. The monoisotopic (exact) mass is 585 g/mol. The van der Waals surface area contributed by atoms with E-state index < -0.39 is 16.1 Å². The summed E-state index contributed by atoms with van der Waals surface area (Å²) in [6.07, 6.45) is 1.38. The Bertz CT molecular complexity index is 1210. The van der Waals surface area contributed by atoms with Crippen LogP contribution >= 0.6 is 23.2 Å². The fourth-order valence-corrected chi connectivity index (χ4v) is 5.23.